The minimum atomic E-state index is -0.0708. The molecule has 0 N–H and O–H groups in total. The molecule has 2 aromatic heterocycles. The third-order valence-corrected chi connectivity index (χ3v) is 4.07. The molecule has 3 rings (SSSR count). The van der Waals surface area contributed by atoms with Gasteiger partial charge in [0.25, 0.3) is 0 Å². The number of carbonyl (C=O) groups excluding carboxylic acids is 1. The van der Waals surface area contributed by atoms with Crippen molar-refractivity contribution in [2.75, 3.05) is 7.05 Å². The van der Waals surface area contributed by atoms with Crippen LogP contribution in [0.1, 0.15) is 24.2 Å². The van der Waals surface area contributed by atoms with Gasteiger partial charge in [-0.3, -0.25) is 9.78 Å². The minimum absolute atomic E-state index is 0.0503. The fraction of sp³-hybridized carbons (Fsp3) is 0.158. The summed E-state index contributed by atoms with van der Waals surface area (Å²) in [6.07, 6.45) is 8.11. The van der Waals surface area contributed by atoms with Crippen LogP contribution in [0.25, 0.3) is 11.8 Å². The van der Waals surface area contributed by atoms with Crippen molar-refractivity contribution in [2.24, 2.45) is 0 Å². The second kappa shape index (κ2) is 7.53. The van der Waals surface area contributed by atoms with Gasteiger partial charge in [-0.1, -0.05) is 18.2 Å². The molecule has 6 nitrogen and oxygen atoms in total. The Balaban J connectivity index is 1.68. The molecule has 0 aliphatic heterocycles. The van der Waals surface area contributed by atoms with Gasteiger partial charge in [-0.15, -0.1) is 0 Å². The molecule has 126 valence electrons. The van der Waals surface area contributed by atoms with E-state index in [9.17, 15) is 4.79 Å². The highest BCUT2D eigenvalue weighted by molar-refractivity contribution is 5.91. The zero-order valence-electron chi connectivity index (χ0n) is 14.1. The van der Waals surface area contributed by atoms with Gasteiger partial charge in [0, 0.05) is 19.3 Å². The number of rotatable bonds is 5. The van der Waals surface area contributed by atoms with E-state index in [0.29, 0.717) is 0 Å². The van der Waals surface area contributed by atoms with Crippen LogP contribution in [0.4, 0.5) is 0 Å². The molecule has 0 bridgehead atoms. The summed E-state index contributed by atoms with van der Waals surface area (Å²) in [5.41, 5.74) is 2.73. The van der Waals surface area contributed by atoms with Crippen LogP contribution in [0.15, 0.2) is 67.4 Å². The Morgan fingerprint density at radius 3 is 2.64 bits per heavy atom. The molecule has 1 aromatic carbocycles. The Kier molecular flexibility index (Phi) is 4.99. The van der Waals surface area contributed by atoms with Gasteiger partial charge in [-0.05, 0) is 42.8 Å². The number of aromatic nitrogens is 4. The Morgan fingerprint density at radius 1 is 1.20 bits per heavy atom. The van der Waals surface area contributed by atoms with E-state index in [0.717, 1.165) is 16.9 Å². The first kappa shape index (κ1) is 16.6. The van der Waals surface area contributed by atoms with Crippen molar-refractivity contribution in [3.05, 3.63) is 78.6 Å². The Hall–Kier alpha value is -3.28. The number of nitrogens with zero attached hydrogens (tertiary/aromatic N) is 5. The summed E-state index contributed by atoms with van der Waals surface area (Å²) in [6.45, 7) is 2.00. The predicted octanol–water partition coefficient (Wildman–Crippen LogP) is 2.90. The van der Waals surface area contributed by atoms with Crippen LogP contribution in [0.3, 0.4) is 0 Å². The molecular weight excluding hydrogens is 314 g/mol. The van der Waals surface area contributed by atoms with Crippen molar-refractivity contribution in [3.63, 3.8) is 0 Å². The SMILES string of the molecule is CC(c1ccc(-n2cncn2)cc1)N(C)C(=O)C=Cc1ccccn1. The van der Waals surface area contributed by atoms with E-state index in [-0.39, 0.29) is 11.9 Å². The summed E-state index contributed by atoms with van der Waals surface area (Å²) in [4.78, 5) is 22.2. The Morgan fingerprint density at radius 2 is 2.00 bits per heavy atom. The Labute approximate surface area is 146 Å². The number of amides is 1. The van der Waals surface area contributed by atoms with Crippen molar-refractivity contribution in [1.82, 2.24) is 24.6 Å². The molecule has 0 fully saturated rings. The maximum atomic E-state index is 12.4. The van der Waals surface area contributed by atoms with E-state index >= 15 is 0 Å². The maximum absolute atomic E-state index is 12.4. The first-order valence-electron chi connectivity index (χ1n) is 7.96. The van der Waals surface area contributed by atoms with Crippen molar-refractivity contribution in [2.45, 2.75) is 13.0 Å². The zero-order valence-corrected chi connectivity index (χ0v) is 14.1. The molecule has 0 saturated carbocycles. The molecule has 1 amide bonds. The number of likely N-dealkylation sites (N-methyl/N-ethyl adjacent to an activating group) is 1. The second-order valence-electron chi connectivity index (χ2n) is 5.64. The normalized spacial score (nSPS) is 12.2. The number of hydrogen-bond acceptors (Lipinski definition) is 4. The summed E-state index contributed by atoms with van der Waals surface area (Å²) in [6, 6.07) is 13.4. The molecule has 0 aliphatic rings. The summed E-state index contributed by atoms with van der Waals surface area (Å²) in [7, 11) is 1.79. The highest BCUT2D eigenvalue weighted by Crippen LogP contribution is 2.20. The van der Waals surface area contributed by atoms with E-state index in [1.807, 2.05) is 49.4 Å². The molecule has 0 saturated heterocycles. The lowest BCUT2D eigenvalue weighted by Crippen LogP contribution is -2.28. The first-order chi connectivity index (χ1) is 12.1. The monoisotopic (exact) mass is 333 g/mol. The van der Waals surface area contributed by atoms with E-state index in [1.54, 1.807) is 41.3 Å². The van der Waals surface area contributed by atoms with E-state index in [2.05, 4.69) is 15.1 Å². The maximum Gasteiger partial charge on any atom is 0.246 e. The number of pyridine rings is 1. The minimum Gasteiger partial charge on any atom is -0.335 e. The van der Waals surface area contributed by atoms with Crippen LogP contribution in [0.5, 0.6) is 0 Å². The fourth-order valence-corrected chi connectivity index (χ4v) is 2.41. The molecule has 0 spiro atoms. The topological polar surface area (TPSA) is 63.9 Å². The standard InChI is InChI=1S/C19H19N5O/c1-15(16-6-9-18(10-7-16)24-14-20-13-22-24)23(2)19(25)11-8-17-5-3-4-12-21-17/h3-15H,1-2H3. The lowest BCUT2D eigenvalue weighted by atomic mass is 10.1. The van der Waals surface area contributed by atoms with Gasteiger partial charge >= 0.3 is 0 Å². The Bertz CT molecular complexity index is 841. The number of hydrogen-bond donors (Lipinski definition) is 0. The molecule has 6 heteroatoms. The van der Waals surface area contributed by atoms with Crippen LogP contribution >= 0.6 is 0 Å². The smallest absolute Gasteiger partial charge is 0.246 e. The van der Waals surface area contributed by atoms with Gasteiger partial charge in [0.1, 0.15) is 12.7 Å². The molecule has 1 atom stereocenters. The third-order valence-electron chi connectivity index (χ3n) is 4.07. The fourth-order valence-electron chi connectivity index (χ4n) is 2.41. The van der Waals surface area contributed by atoms with Crippen molar-refractivity contribution in [3.8, 4) is 5.69 Å². The van der Waals surface area contributed by atoms with Crippen LogP contribution in [-0.2, 0) is 4.79 Å². The summed E-state index contributed by atoms with van der Waals surface area (Å²) in [5.74, 6) is -0.0708. The van der Waals surface area contributed by atoms with Gasteiger partial charge in [-0.25, -0.2) is 9.67 Å². The van der Waals surface area contributed by atoms with Crippen molar-refractivity contribution < 1.29 is 4.79 Å². The third kappa shape index (κ3) is 3.98. The highest BCUT2D eigenvalue weighted by Gasteiger charge is 2.15. The quantitative estimate of drug-likeness (QED) is 0.674. The van der Waals surface area contributed by atoms with Gasteiger partial charge in [0.05, 0.1) is 17.4 Å². The average molecular weight is 333 g/mol. The van der Waals surface area contributed by atoms with Crippen LogP contribution in [-0.4, -0.2) is 37.6 Å². The van der Waals surface area contributed by atoms with Gasteiger partial charge in [0.2, 0.25) is 5.91 Å². The second-order valence-corrected chi connectivity index (χ2v) is 5.64. The lowest BCUT2D eigenvalue weighted by molar-refractivity contribution is -0.126. The van der Waals surface area contributed by atoms with Crippen molar-refractivity contribution >= 4 is 12.0 Å². The van der Waals surface area contributed by atoms with Gasteiger partial charge in [-0.2, -0.15) is 5.10 Å². The lowest BCUT2D eigenvalue weighted by Gasteiger charge is -2.24. The van der Waals surface area contributed by atoms with E-state index < -0.39 is 0 Å². The van der Waals surface area contributed by atoms with Gasteiger partial charge in [0.15, 0.2) is 0 Å². The summed E-state index contributed by atoms with van der Waals surface area (Å²) in [5, 5.41) is 4.10. The zero-order chi connectivity index (χ0) is 17.6. The molecule has 25 heavy (non-hydrogen) atoms. The summed E-state index contributed by atoms with van der Waals surface area (Å²) < 4.78 is 1.69. The highest BCUT2D eigenvalue weighted by atomic mass is 16.2. The molecular formula is C19H19N5O. The molecule has 1 unspecified atom stereocenters. The molecule has 0 radical (unpaired) electrons. The van der Waals surface area contributed by atoms with E-state index in [1.165, 1.54) is 6.33 Å². The van der Waals surface area contributed by atoms with E-state index in [4.69, 9.17) is 0 Å². The predicted molar refractivity (Wildman–Crippen MR) is 95.8 cm³/mol. The number of carbonyl (C=O) groups is 1. The molecule has 2 heterocycles. The molecule has 3 aromatic rings. The van der Waals surface area contributed by atoms with Crippen LogP contribution < -0.4 is 0 Å². The number of benzene rings is 1. The summed E-state index contributed by atoms with van der Waals surface area (Å²) >= 11 is 0. The average Bonchev–Trinajstić information content (AvgIpc) is 3.20. The van der Waals surface area contributed by atoms with Crippen LogP contribution in [0, 0.1) is 0 Å². The van der Waals surface area contributed by atoms with Gasteiger partial charge < -0.3 is 4.90 Å². The largest absolute Gasteiger partial charge is 0.335 e. The molecule has 0 aliphatic carbocycles. The first-order valence-corrected chi connectivity index (χ1v) is 7.96. The van der Waals surface area contributed by atoms with Crippen LogP contribution in [0.2, 0.25) is 0 Å². The van der Waals surface area contributed by atoms with Crippen molar-refractivity contribution in [1.29, 1.82) is 0 Å².